The Kier molecular flexibility index (Phi) is 3.86. The second kappa shape index (κ2) is 5.12. The Morgan fingerprint density at radius 3 is 2.05 bits per heavy atom. The first-order valence-corrected chi connectivity index (χ1v) is 9.51. The van der Waals surface area contributed by atoms with E-state index in [9.17, 15) is 0 Å². The highest BCUT2D eigenvalue weighted by molar-refractivity contribution is 6.82. The van der Waals surface area contributed by atoms with Gasteiger partial charge in [0.25, 0.3) is 0 Å². The van der Waals surface area contributed by atoms with Crippen molar-refractivity contribution in [3.63, 3.8) is 0 Å². The highest BCUT2D eigenvalue weighted by atomic mass is 28.3. The molecule has 104 valence electrons. The number of fused-ring (bicyclic) bond motifs is 1. The smallest absolute Gasteiger partial charge is 0.169 e. The van der Waals surface area contributed by atoms with E-state index in [0.717, 1.165) is 0 Å². The molecule has 2 nitrogen and oxygen atoms in total. The summed E-state index contributed by atoms with van der Waals surface area (Å²) >= 11 is 0. The van der Waals surface area contributed by atoms with Crippen LogP contribution in [0.3, 0.4) is 0 Å². The van der Waals surface area contributed by atoms with Crippen molar-refractivity contribution >= 4 is 19.1 Å². The van der Waals surface area contributed by atoms with Crippen molar-refractivity contribution in [1.29, 1.82) is 0 Å². The third-order valence-electron chi connectivity index (χ3n) is 4.69. The lowest BCUT2D eigenvalue weighted by Crippen LogP contribution is -2.51. The summed E-state index contributed by atoms with van der Waals surface area (Å²) in [6.45, 7) is 14.4. The van der Waals surface area contributed by atoms with Crippen molar-refractivity contribution in [2.75, 3.05) is 0 Å². The molecule has 2 rings (SSSR count). The summed E-state index contributed by atoms with van der Waals surface area (Å²) in [6.07, 6.45) is 6.22. The Hall–Kier alpha value is -1.09. The Labute approximate surface area is 117 Å². The standard InChI is InChI=1S/C16H26N2Si/c1-12(2)19(13(3)4,14(5)6)18-10-8-15-7-9-17-11-16(15)18/h7-14H,1-6H3. The molecule has 0 spiro atoms. The molecule has 0 aliphatic carbocycles. The van der Waals surface area contributed by atoms with Gasteiger partial charge in [0.2, 0.25) is 0 Å². The van der Waals surface area contributed by atoms with Gasteiger partial charge in [-0.05, 0) is 35.0 Å². The minimum absolute atomic E-state index is 0.711. The van der Waals surface area contributed by atoms with Crippen LogP contribution in [-0.4, -0.2) is 17.5 Å². The Morgan fingerprint density at radius 1 is 0.947 bits per heavy atom. The number of nitrogens with zero attached hydrogens (tertiary/aromatic N) is 2. The summed E-state index contributed by atoms with van der Waals surface area (Å²) in [5.74, 6) is 0. The van der Waals surface area contributed by atoms with E-state index >= 15 is 0 Å². The van der Waals surface area contributed by atoms with E-state index in [2.05, 4.69) is 69.1 Å². The van der Waals surface area contributed by atoms with E-state index in [1.807, 2.05) is 12.4 Å². The topological polar surface area (TPSA) is 17.8 Å². The van der Waals surface area contributed by atoms with Gasteiger partial charge in [-0.2, -0.15) is 0 Å². The van der Waals surface area contributed by atoms with Gasteiger partial charge in [-0.1, -0.05) is 41.5 Å². The molecule has 0 aliphatic rings. The van der Waals surface area contributed by atoms with Gasteiger partial charge in [-0.25, -0.2) is 0 Å². The van der Waals surface area contributed by atoms with Crippen molar-refractivity contribution in [2.45, 2.75) is 58.2 Å². The van der Waals surface area contributed by atoms with Crippen LogP contribution in [0, 0.1) is 0 Å². The molecule has 0 unspecified atom stereocenters. The molecule has 0 amide bonds. The van der Waals surface area contributed by atoms with Crippen LogP contribution in [0.25, 0.3) is 10.9 Å². The zero-order valence-corrected chi connectivity index (χ0v) is 14.0. The first kappa shape index (κ1) is 14.3. The summed E-state index contributed by atoms with van der Waals surface area (Å²) < 4.78 is 2.61. The Bertz CT molecular complexity index is 533. The third kappa shape index (κ3) is 2.04. The van der Waals surface area contributed by atoms with Gasteiger partial charge in [0, 0.05) is 11.6 Å². The predicted molar refractivity (Wildman–Crippen MR) is 86.2 cm³/mol. The maximum Gasteiger partial charge on any atom is 0.169 e. The lowest BCUT2D eigenvalue weighted by Gasteiger charge is -2.44. The number of rotatable bonds is 4. The average Bonchev–Trinajstić information content (AvgIpc) is 2.73. The molecule has 0 atom stereocenters. The normalized spacial score (nSPS) is 13.1. The summed E-state index contributed by atoms with van der Waals surface area (Å²) in [4.78, 5) is 4.34. The van der Waals surface area contributed by atoms with Gasteiger partial charge in [0.05, 0.1) is 11.7 Å². The van der Waals surface area contributed by atoms with Crippen molar-refractivity contribution in [2.24, 2.45) is 0 Å². The van der Waals surface area contributed by atoms with Crippen LogP contribution in [0.15, 0.2) is 30.7 Å². The van der Waals surface area contributed by atoms with Crippen LogP contribution in [0.2, 0.25) is 16.6 Å². The molecular formula is C16H26N2Si. The van der Waals surface area contributed by atoms with Gasteiger partial charge in [-0.15, -0.1) is 0 Å². The van der Waals surface area contributed by atoms with Gasteiger partial charge in [-0.3, -0.25) is 4.98 Å². The molecule has 3 heteroatoms. The molecule has 0 bridgehead atoms. The highest BCUT2D eigenvalue weighted by Crippen LogP contribution is 2.43. The molecule has 19 heavy (non-hydrogen) atoms. The summed E-state index contributed by atoms with van der Waals surface area (Å²) in [5, 5.41) is 1.31. The van der Waals surface area contributed by atoms with Crippen LogP contribution < -0.4 is 0 Å². The van der Waals surface area contributed by atoms with E-state index in [1.54, 1.807) is 0 Å². The fraction of sp³-hybridized carbons (Fsp3) is 0.562. The fourth-order valence-corrected chi connectivity index (χ4v) is 10.8. The van der Waals surface area contributed by atoms with Crippen molar-refractivity contribution in [1.82, 2.24) is 9.22 Å². The average molecular weight is 274 g/mol. The van der Waals surface area contributed by atoms with Crippen molar-refractivity contribution in [3.8, 4) is 0 Å². The molecule has 2 aromatic rings. The maximum atomic E-state index is 4.34. The molecule has 0 fully saturated rings. The van der Waals surface area contributed by atoms with E-state index in [4.69, 9.17) is 0 Å². The summed E-state index contributed by atoms with van der Waals surface area (Å²) in [6, 6.07) is 4.36. The SMILES string of the molecule is CC(C)[Si](C(C)C)(C(C)C)n1ccc2ccncc21. The van der Waals surface area contributed by atoms with E-state index < -0.39 is 8.24 Å². The number of pyridine rings is 1. The lowest BCUT2D eigenvalue weighted by atomic mass is 10.3. The number of hydrogen-bond acceptors (Lipinski definition) is 1. The Morgan fingerprint density at radius 2 is 1.53 bits per heavy atom. The summed E-state index contributed by atoms with van der Waals surface area (Å²) in [7, 11) is -1.64. The second-order valence-electron chi connectivity index (χ2n) is 6.47. The quantitative estimate of drug-likeness (QED) is 0.713. The van der Waals surface area contributed by atoms with Crippen LogP contribution in [-0.2, 0) is 0 Å². The largest absolute Gasteiger partial charge is 0.372 e. The molecule has 0 aromatic carbocycles. The van der Waals surface area contributed by atoms with E-state index in [-0.39, 0.29) is 0 Å². The van der Waals surface area contributed by atoms with Crippen molar-refractivity contribution in [3.05, 3.63) is 30.7 Å². The molecule has 0 saturated heterocycles. The molecular weight excluding hydrogens is 248 g/mol. The van der Waals surface area contributed by atoms with Gasteiger partial charge < -0.3 is 4.23 Å². The first-order valence-electron chi connectivity index (χ1n) is 7.33. The first-order chi connectivity index (χ1) is 8.92. The molecule has 2 aromatic heterocycles. The minimum atomic E-state index is -1.64. The molecule has 0 radical (unpaired) electrons. The second-order valence-corrected chi connectivity index (χ2v) is 12.2. The van der Waals surface area contributed by atoms with Crippen LogP contribution in [0.5, 0.6) is 0 Å². The van der Waals surface area contributed by atoms with Gasteiger partial charge in [0.1, 0.15) is 0 Å². The molecule has 0 aliphatic heterocycles. The van der Waals surface area contributed by atoms with Crippen LogP contribution in [0.1, 0.15) is 41.5 Å². The van der Waals surface area contributed by atoms with Gasteiger partial charge >= 0.3 is 0 Å². The maximum absolute atomic E-state index is 4.34. The molecule has 0 saturated carbocycles. The Balaban J connectivity index is 2.74. The van der Waals surface area contributed by atoms with Gasteiger partial charge in [0.15, 0.2) is 8.24 Å². The predicted octanol–water partition coefficient (Wildman–Crippen LogP) is 5.06. The third-order valence-corrected chi connectivity index (χ3v) is 11.5. The monoisotopic (exact) mass is 274 g/mol. The van der Waals surface area contributed by atoms with Crippen LogP contribution >= 0.6 is 0 Å². The molecule has 2 heterocycles. The molecule has 0 N–H and O–H groups in total. The van der Waals surface area contributed by atoms with Crippen molar-refractivity contribution < 1.29 is 0 Å². The minimum Gasteiger partial charge on any atom is -0.372 e. The summed E-state index contributed by atoms with van der Waals surface area (Å²) in [5.41, 5.74) is 3.44. The van der Waals surface area contributed by atoms with E-state index in [1.165, 1.54) is 10.9 Å². The zero-order valence-electron chi connectivity index (χ0n) is 13.0. The lowest BCUT2D eigenvalue weighted by molar-refractivity contribution is 0.772. The number of hydrogen-bond donors (Lipinski definition) is 0. The highest BCUT2D eigenvalue weighted by Gasteiger charge is 2.45. The van der Waals surface area contributed by atoms with Crippen LogP contribution in [0.4, 0.5) is 0 Å². The fourth-order valence-electron chi connectivity index (χ4n) is 4.15. The zero-order chi connectivity index (χ0) is 14.2. The number of aromatic nitrogens is 2. The van der Waals surface area contributed by atoms with E-state index in [0.29, 0.717) is 16.6 Å².